The van der Waals surface area contributed by atoms with Crippen LogP contribution in [0.1, 0.15) is 81.5 Å². The van der Waals surface area contributed by atoms with Crippen molar-refractivity contribution in [2.24, 2.45) is 0 Å². The second-order valence-electron chi connectivity index (χ2n) is 9.81. The second-order valence-corrected chi connectivity index (χ2v) is 9.81. The van der Waals surface area contributed by atoms with Gasteiger partial charge in [-0.15, -0.1) is 0 Å². The number of ether oxygens (including phenoxy) is 1. The van der Waals surface area contributed by atoms with Gasteiger partial charge in [0.05, 0.1) is 0 Å². The van der Waals surface area contributed by atoms with Crippen molar-refractivity contribution in [3.63, 3.8) is 0 Å². The minimum absolute atomic E-state index is 0.0809. The van der Waals surface area contributed by atoms with Gasteiger partial charge in [-0.2, -0.15) is 0 Å². The molecule has 1 aliphatic rings. The van der Waals surface area contributed by atoms with Crippen LogP contribution in [0.4, 0.5) is 4.79 Å². The Morgan fingerprint density at radius 3 is 2.17 bits per heavy atom. The summed E-state index contributed by atoms with van der Waals surface area (Å²) in [4.78, 5) is 39.1. The van der Waals surface area contributed by atoms with E-state index in [-0.39, 0.29) is 23.4 Å². The van der Waals surface area contributed by atoms with E-state index in [1.807, 2.05) is 46.4 Å². The number of hydrogen-bond donors (Lipinski definition) is 2. The number of hydrogen-bond acceptors (Lipinski definition) is 4. The van der Waals surface area contributed by atoms with Crippen LogP contribution in [0.5, 0.6) is 0 Å². The first-order chi connectivity index (χ1) is 13.9. The van der Waals surface area contributed by atoms with Crippen molar-refractivity contribution in [2.45, 2.75) is 78.0 Å². The lowest BCUT2D eigenvalue weighted by Gasteiger charge is -2.36. The van der Waals surface area contributed by atoms with Crippen molar-refractivity contribution in [2.75, 3.05) is 13.1 Å². The van der Waals surface area contributed by atoms with Gasteiger partial charge in [-0.1, -0.05) is 0 Å². The number of nitrogens with one attached hydrogen (secondary N) is 2. The van der Waals surface area contributed by atoms with Gasteiger partial charge in [0, 0.05) is 35.8 Å². The average molecular weight is 418 g/mol. The maximum absolute atomic E-state index is 13.1. The molecule has 0 saturated carbocycles. The molecule has 3 amide bonds. The van der Waals surface area contributed by atoms with Gasteiger partial charge in [-0.3, -0.25) is 9.59 Å². The fraction of sp³-hybridized carbons (Fsp3) is 0.609. The molecule has 1 heterocycles. The molecule has 0 aromatic heterocycles. The molecule has 1 saturated heterocycles. The van der Waals surface area contributed by atoms with E-state index in [9.17, 15) is 14.4 Å². The molecule has 0 radical (unpaired) electrons. The largest absolute Gasteiger partial charge is 0.444 e. The third-order valence-electron chi connectivity index (χ3n) is 4.65. The number of amides is 3. The molecule has 2 rings (SSSR count). The van der Waals surface area contributed by atoms with Gasteiger partial charge < -0.3 is 20.3 Å². The van der Waals surface area contributed by atoms with Gasteiger partial charge in [0.25, 0.3) is 11.8 Å². The van der Waals surface area contributed by atoms with Gasteiger partial charge in [0.2, 0.25) is 0 Å². The van der Waals surface area contributed by atoms with E-state index in [1.54, 1.807) is 24.3 Å². The van der Waals surface area contributed by atoms with Crippen LogP contribution in [0, 0.1) is 0 Å². The lowest BCUT2D eigenvalue weighted by atomic mass is 10.00. The number of carbonyl (C=O) groups is 3. The molecule has 1 aliphatic heterocycles. The summed E-state index contributed by atoms with van der Waals surface area (Å²) >= 11 is 0. The Morgan fingerprint density at radius 1 is 1.00 bits per heavy atom. The molecule has 7 nitrogen and oxygen atoms in total. The highest BCUT2D eigenvalue weighted by atomic mass is 16.6. The maximum atomic E-state index is 13.1. The fourth-order valence-corrected chi connectivity index (χ4v) is 3.34. The molecule has 2 N–H and O–H groups in total. The molecule has 166 valence electrons. The average Bonchev–Trinajstić information content (AvgIpc) is 2.63. The normalized spacial score (nSPS) is 17.3. The third kappa shape index (κ3) is 7.35. The zero-order valence-electron chi connectivity index (χ0n) is 19.0. The van der Waals surface area contributed by atoms with E-state index < -0.39 is 11.7 Å². The molecular weight excluding hydrogens is 382 g/mol. The Balaban J connectivity index is 2.02. The number of benzene rings is 1. The molecule has 30 heavy (non-hydrogen) atoms. The molecule has 1 unspecified atom stereocenters. The summed E-state index contributed by atoms with van der Waals surface area (Å²) in [7, 11) is 0. The minimum Gasteiger partial charge on any atom is -0.444 e. The number of piperidine rings is 1. The maximum Gasteiger partial charge on any atom is 0.407 e. The highest BCUT2D eigenvalue weighted by Crippen LogP contribution is 2.20. The Labute approximate surface area is 179 Å². The number of alkyl carbamates (subject to hydrolysis) is 1. The molecule has 7 heteroatoms. The van der Waals surface area contributed by atoms with Crippen LogP contribution in [0.2, 0.25) is 0 Å². The third-order valence-corrected chi connectivity index (χ3v) is 4.65. The molecule has 0 bridgehead atoms. The predicted octanol–water partition coefficient (Wildman–Crippen LogP) is 3.73. The van der Waals surface area contributed by atoms with Crippen LogP contribution in [-0.4, -0.2) is 53.1 Å². The quantitative estimate of drug-likeness (QED) is 0.781. The van der Waals surface area contributed by atoms with Crippen LogP contribution >= 0.6 is 0 Å². The van der Waals surface area contributed by atoms with Crippen LogP contribution < -0.4 is 10.6 Å². The number of nitrogens with zero attached hydrogens (tertiary/aromatic N) is 1. The van der Waals surface area contributed by atoms with Gasteiger partial charge in [-0.25, -0.2) is 4.79 Å². The topological polar surface area (TPSA) is 87.7 Å². The van der Waals surface area contributed by atoms with Crippen molar-refractivity contribution >= 4 is 17.9 Å². The summed E-state index contributed by atoms with van der Waals surface area (Å²) in [6.07, 6.45) is 2.29. The van der Waals surface area contributed by atoms with Crippen molar-refractivity contribution in [3.8, 4) is 0 Å². The number of carbonyl (C=O) groups excluding carboxylic acids is 3. The lowest BCUT2D eigenvalue weighted by molar-refractivity contribution is 0.0462. The number of likely N-dealkylation sites (tertiary alicyclic amines) is 1. The second kappa shape index (κ2) is 9.49. The highest BCUT2D eigenvalue weighted by Gasteiger charge is 2.28. The van der Waals surface area contributed by atoms with Gasteiger partial charge in [0.15, 0.2) is 0 Å². The van der Waals surface area contributed by atoms with Gasteiger partial charge in [0.1, 0.15) is 5.60 Å². The summed E-state index contributed by atoms with van der Waals surface area (Å²) in [5.41, 5.74) is 0.163. The minimum atomic E-state index is -0.562. The highest BCUT2D eigenvalue weighted by molar-refractivity contribution is 5.98. The van der Waals surface area contributed by atoms with Crippen LogP contribution in [-0.2, 0) is 4.74 Å². The van der Waals surface area contributed by atoms with Crippen LogP contribution in [0.3, 0.4) is 0 Å². The first-order valence-corrected chi connectivity index (χ1v) is 10.6. The van der Waals surface area contributed by atoms with E-state index in [0.29, 0.717) is 24.2 Å². The van der Waals surface area contributed by atoms with Gasteiger partial charge in [-0.05, 0) is 85.1 Å². The summed E-state index contributed by atoms with van der Waals surface area (Å²) < 4.78 is 5.29. The fourth-order valence-electron chi connectivity index (χ4n) is 3.34. The standard InChI is InChI=1S/C23H35N3O4/c1-22(2,3)25-19(27)16-10-12-17(13-11-16)20(28)26-14-8-7-9-18(26)15-24-21(29)30-23(4,5)6/h10-13,18H,7-9,14-15H2,1-6H3,(H,24,29)(H,25,27). The molecule has 0 spiro atoms. The zero-order chi connectivity index (χ0) is 22.5. The predicted molar refractivity (Wildman–Crippen MR) is 117 cm³/mol. The summed E-state index contributed by atoms with van der Waals surface area (Å²) in [5, 5.41) is 5.69. The Morgan fingerprint density at radius 2 is 1.60 bits per heavy atom. The summed E-state index contributed by atoms with van der Waals surface area (Å²) in [6.45, 7) is 12.2. The van der Waals surface area contributed by atoms with Crippen LogP contribution in [0.25, 0.3) is 0 Å². The Hall–Kier alpha value is -2.57. The molecule has 1 aromatic carbocycles. The molecule has 1 atom stereocenters. The van der Waals surface area contributed by atoms with E-state index >= 15 is 0 Å². The molecular formula is C23H35N3O4. The van der Waals surface area contributed by atoms with E-state index in [4.69, 9.17) is 4.74 Å². The van der Waals surface area contributed by atoms with Crippen molar-refractivity contribution in [3.05, 3.63) is 35.4 Å². The van der Waals surface area contributed by atoms with Crippen molar-refractivity contribution in [1.82, 2.24) is 15.5 Å². The smallest absolute Gasteiger partial charge is 0.407 e. The SMILES string of the molecule is CC(C)(C)NC(=O)c1ccc(C(=O)N2CCCCC2CNC(=O)OC(C)(C)C)cc1. The molecule has 0 aliphatic carbocycles. The van der Waals surface area contributed by atoms with Crippen molar-refractivity contribution < 1.29 is 19.1 Å². The van der Waals surface area contributed by atoms with E-state index in [2.05, 4.69) is 10.6 Å². The van der Waals surface area contributed by atoms with E-state index in [0.717, 1.165) is 19.3 Å². The van der Waals surface area contributed by atoms with Crippen molar-refractivity contribution in [1.29, 1.82) is 0 Å². The van der Waals surface area contributed by atoms with Crippen LogP contribution in [0.15, 0.2) is 24.3 Å². The lowest BCUT2D eigenvalue weighted by Crippen LogP contribution is -2.50. The first kappa shape index (κ1) is 23.7. The summed E-state index contributed by atoms with van der Waals surface area (Å²) in [6, 6.07) is 6.64. The Bertz CT molecular complexity index is 760. The zero-order valence-corrected chi connectivity index (χ0v) is 19.0. The molecule has 1 aromatic rings. The Kier molecular flexibility index (Phi) is 7.50. The number of rotatable bonds is 4. The summed E-state index contributed by atoms with van der Waals surface area (Å²) in [5.74, 6) is -0.257. The van der Waals surface area contributed by atoms with Gasteiger partial charge >= 0.3 is 6.09 Å². The molecule has 1 fully saturated rings. The van der Waals surface area contributed by atoms with E-state index in [1.165, 1.54) is 0 Å². The monoisotopic (exact) mass is 417 g/mol. The first-order valence-electron chi connectivity index (χ1n) is 10.6.